The highest BCUT2D eigenvalue weighted by atomic mass is 16.5. The van der Waals surface area contributed by atoms with Crippen LogP contribution in [0, 0.1) is 5.92 Å². The summed E-state index contributed by atoms with van der Waals surface area (Å²) in [6.07, 6.45) is 1.19. The number of imide groups is 1. The molecule has 2 N–H and O–H groups in total. The fourth-order valence-corrected chi connectivity index (χ4v) is 4.50. The topological polar surface area (TPSA) is 97.0 Å². The van der Waals surface area contributed by atoms with Crippen LogP contribution in [0.4, 0.5) is 4.79 Å². The van der Waals surface area contributed by atoms with Gasteiger partial charge in [-0.3, -0.25) is 14.5 Å². The monoisotopic (exact) mass is 465 g/mol. The van der Waals surface area contributed by atoms with Gasteiger partial charge in [0.1, 0.15) is 12.1 Å². The summed E-state index contributed by atoms with van der Waals surface area (Å²) in [5.41, 5.74) is 0.410. The minimum atomic E-state index is -1.16. The summed E-state index contributed by atoms with van der Waals surface area (Å²) in [4.78, 5) is 40.1. The zero-order valence-corrected chi connectivity index (χ0v) is 19.8. The maximum atomic E-state index is 13.3. The third-order valence-electron chi connectivity index (χ3n) is 6.39. The van der Waals surface area contributed by atoms with E-state index in [9.17, 15) is 14.4 Å². The Morgan fingerprint density at radius 2 is 1.79 bits per heavy atom. The molecule has 8 nitrogen and oxygen atoms in total. The lowest BCUT2D eigenvalue weighted by molar-refractivity contribution is -0.135. The lowest BCUT2D eigenvalue weighted by Gasteiger charge is -2.26. The first-order chi connectivity index (χ1) is 16.4. The summed E-state index contributed by atoms with van der Waals surface area (Å²) in [6, 6.07) is 13.9. The summed E-state index contributed by atoms with van der Waals surface area (Å²) in [5.74, 6) is 0.578. The third-order valence-corrected chi connectivity index (χ3v) is 6.39. The molecule has 2 heterocycles. The quantitative estimate of drug-likeness (QED) is 0.610. The molecule has 2 aromatic carbocycles. The normalized spacial score (nSPS) is 20.6. The van der Waals surface area contributed by atoms with Gasteiger partial charge in [0.05, 0.1) is 19.3 Å². The Labute approximate surface area is 199 Å². The second-order valence-corrected chi connectivity index (χ2v) is 8.99. The maximum Gasteiger partial charge on any atom is 0.325 e. The second-order valence-electron chi connectivity index (χ2n) is 8.99. The number of carbonyl (C=O) groups excluding carboxylic acids is 3. The van der Waals surface area contributed by atoms with Crippen molar-refractivity contribution >= 4 is 17.8 Å². The van der Waals surface area contributed by atoms with Gasteiger partial charge in [-0.05, 0) is 35.6 Å². The highest BCUT2D eigenvalue weighted by Gasteiger charge is 2.51. The lowest BCUT2D eigenvalue weighted by Crippen LogP contribution is -2.45. The first-order valence-corrected chi connectivity index (χ1v) is 11.7. The number of ether oxygens (including phenoxy) is 2. The van der Waals surface area contributed by atoms with Gasteiger partial charge in [0, 0.05) is 6.42 Å². The molecule has 2 atom stereocenters. The Morgan fingerprint density at radius 1 is 1.09 bits per heavy atom. The molecule has 4 amide bonds. The molecular formula is C26H31N3O5. The fraction of sp³-hybridized carbons (Fsp3) is 0.423. The summed E-state index contributed by atoms with van der Waals surface area (Å²) < 4.78 is 11.5. The first-order valence-electron chi connectivity index (χ1n) is 11.7. The van der Waals surface area contributed by atoms with Gasteiger partial charge < -0.3 is 20.1 Å². The number of fused-ring (bicyclic) bond motifs is 1. The van der Waals surface area contributed by atoms with Crippen LogP contribution in [0.3, 0.4) is 0 Å². The maximum absolute atomic E-state index is 13.3. The van der Waals surface area contributed by atoms with Gasteiger partial charge >= 0.3 is 6.03 Å². The van der Waals surface area contributed by atoms with Gasteiger partial charge in [-0.25, -0.2) is 4.79 Å². The molecular weight excluding hydrogens is 434 g/mol. The molecule has 0 spiro atoms. The molecule has 2 aliphatic heterocycles. The van der Waals surface area contributed by atoms with Crippen LogP contribution in [0.2, 0.25) is 0 Å². The van der Waals surface area contributed by atoms with Crippen molar-refractivity contribution in [1.29, 1.82) is 0 Å². The average molecular weight is 466 g/mol. The fourth-order valence-electron chi connectivity index (χ4n) is 4.50. The SMILES string of the molecule is CC[C@]1(c2ccccc2)NC(=O)N(CC(=O)N[C@@H](c2ccc3c(c2)OCCCO3)C(C)C)C1=O. The molecule has 4 rings (SSSR count). The molecule has 2 aromatic rings. The van der Waals surface area contributed by atoms with Crippen LogP contribution in [-0.2, 0) is 15.1 Å². The van der Waals surface area contributed by atoms with Crippen molar-refractivity contribution in [2.45, 2.75) is 45.2 Å². The molecule has 0 aliphatic carbocycles. The van der Waals surface area contributed by atoms with Crippen molar-refractivity contribution in [2.24, 2.45) is 5.92 Å². The lowest BCUT2D eigenvalue weighted by atomic mass is 9.87. The number of amides is 4. The van der Waals surface area contributed by atoms with Crippen LogP contribution < -0.4 is 20.1 Å². The van der Waals surface area contributed by atoms with Gasteiger partial charge in [0.15, 0.2) is 11.5 Å². The molecule has 34 heavy (non-hydrogen) atoms. The number of rotatable bonds is 7. The van der Waals surface area contributed by atoms with Crippen LogP contribution in [0.1, 0.15) is 50.8 Å². The Kier molecular flexibility index (Phi) is 6.77. The van der Waals surface area contributed by atoms with E-state index in [1.54, 1.807) is 0 Å². The number of nitrogens with zero attached hydrogens (tertiary/aromatic N) is 1. The standard InChI is InChI=1S/C26H31N3O5/c1-4-26(19-9-6-5-7-10-19)24(31)29(25(32)28-26)16-22(30)27-23(17(2)3)18-11-12-20-21(15-18)34-14-8-13-33-20/h5-7,9-12,15,17,23H,4,8,13-14,16H2,1-3H3,(H,27,30)(H,28,32)/t23-,26-/m1/s1. The molecule has 180 valence electrons. The molecule has 1 saturated heterocycles. The van der Waals surface area contributed by atoms with E-state index in [1.807, 2.05) is 69.3 Å². The number of hydrogen-bond donors (Lipinski definition) is 2. The Bertz CT molecular complexity index is 1070. The Morgan fingerprint density at radius 3 is 2.47 bits per heavy atom. The van der Waals surface area contributed by atoms with Crippen molar-refractivity contribution < 1.29 is 23.9 Å². The summed E-state index contributed by atoms with van der Waals surface area (Å²) in [6.45, 7) is 6.66. The first kappa shape index (κ1) is 23.6. The molecule has 0 bridgehead atoms. The van der Waals surface area contributed by atoms with Crippen LogP contribution in [0.25, 0.3) is 0 Å². The van der Waals surface area contributed by atoms with Crippen molar-refractivity contribution in [1.82, 2.24) is 15.5 Å². The van der Waals surface area contributed by atoms with Gasteiger partial charge in [0.2, 0.25) is 5.91 Å². The minimum Gasteiger partial charge on any atom is -0.490 e. The van der Waals surface area contributed by atoms with Crippen molar-refractivity contribution in [3.05, 3.63) is 59.7 Å². The largest absolute Gasteiger partial charge is 0.490 e. The zero-order valence-electron chi connectivity index (χ0n) is 19.8. The van der Waals surface area contributed by atoms with Crippen LogP contribution in [-0.4, -0.2) is 42.5 Å². The smallest absolute Gasteiger partial charge is 0.325 e. The van der Waals surface area contributed by atoms with Crippen LogP contribution in [0.5, 0.6) is 11.5 Å². The number of hydrogen-bond acceptors (Lipinski definition) is 5. The van der Waals surface area contributed by atoms with Gasteiger partial charge in [-0.2, -0.15) is 0 Å². The van der Waals surface area contributed by atoms with E-state index in [4.69, 9.17) is 9.47 Å². The Balaban J connectivity index is 1.50. The van der Waals surface area contributed by atoms with E-state index >= 15 is 0 Å². The van der Waals surface area contributed by atoms with E-state index in [1.165, 1.54) is 0 Å². The average Bonchev–Trinajstić information content (AvgIpc) is 2.98. The van der Waals surface area contributed by atoms with E-state index in [2.05, 4.69) is 10.6 Å². The van der Waals surface area contributed by atoms with E-state index in [0.29, 0.717) is 36.7 Å². The van der Waals surface area contributed by atoms with Crippen LogP contribution in [0.15, 0.2) is 48.5 Å². The third kappa shape index (κ3) is 4.44. The molecule has 1 fully saturated rings. The number of benzene rings is 2. The minimum absolute atomic E-state index is 0.0656. The molecule has 0 saturated carbocycles. The summed E-state index contributed by atoms with van der Waals surface area (Å²) >= 11 is 0. The predicted octanol–water partition coefficient (Wildman–Crippen LogP) is 3.52. The predicted molar refractivity (Wildman–Crippen MR) is 126 cm³/mol. The van der Waals surface area contributed by atoms with Gasteiger partial charge in [-0.1, -0.05) is 57.2 Å². The number of nitrogens with one attached hydrogen (secondary N) is 2. The number of urea groups is 1. The van der Waals surface area contributed by atoms with E-state index in [0.717, 1.165) is 16.9 Å². The number of carbonyl (C=O) groups is 3. The molecule has 0 radical (unpaired) electrons. The summed E-state index contributed by atoms with van der Waals surface area (Å²) in [7, 11) is 0. The molecule has 8 heteroatoms. The van der Waals surface area contributed by atoms with Gasteiger partial charge in [0.25, 0.3) is 5.91 Å². The molecule has 0 unspecified atom stereocenters. The summed E-state index contributed by atoms with van der Waals surface area (Å²) in [5, 5.41) is 5.81. The highest BCUT2D eigenvalue weighted by molar-refractivity contribution is 6.09. The van der Waals surface area contributed by atoms with Crippen molar-refractivity contribution in [2.75, 3.05) is 19.8 Å². The van der Waals surface area contributed by atoms with Crippen molar-refractivity contribution in [3.8, 4) is 11.5 Å². The van der Waals surface area contributed by atoms with Crippen molar-refractivity contribution in [3.63, 3.8) is 0 Å². The zero-order chi connectivity index (χ0) is 24.3. The van der Waals surface area contributed by atoms with E-state index in [-0.39, 0.29) is 18.5 Å². The van der Waals surface area contributed by atoms with Gasteiger partial charge in [-0.15, -0.1) is 0 Å². The highest BCUT2D eigenvalue weighted by Crippen LogP contribution is 2.35. The van der Waals surface area contributed by atoms with Crippen LogP contribution >= 0.6 is 0 Å². The Hall–Kier alpha value is -3.55. The second kappa shape index (κ2) is 9.75. The molecule has 2 aliphatic rings. The molecule has 0 aromatic heterocycles. The van der Waals surface area contributed by atoms with E-state index < -0.39 is 23.4 Å².